The minimum absolute atomic E-state index is 0. The van der Waals surface area contributed by atoms with E-state index >= 15 is 0 Å². The van der Waals surface area contributed by atoms with Crippen LogP contribution in [0.15, 0.2) is 41.7 Å². The maximum Gasteiger partial charge on any atom is 0.319 e. The van der Waals surface area contributed by atoms with E-state index in [9.17, 15) is 13.2 Å². The fraction of sp³-hybridized carbons (Fsp3) is 0.375. The van der Waals surface area contributed by atoms with Gasteiger partial charge in [-0.2, -0.15) is 8.78 Å². The van der Waals surface area contributed by atoms with Crippen LogP contribution in [0.1, 0.15) is 12.4 Å². The summed E-state index contributed by atoms with van der Waals surface area (Å²) in [5, 5.41) is 0. The number of imidazole rings is 1. The normalized spacial score (nSPS) is 15.3. The number of aromatic nitrogens is 2. The van der Waals surface area contributed by atoms with Gasteiger partial charge in [-0.05, 0) is 24.3 Å². The van der Waals surface area contributed by atoms with Crippen LogP contribution in [0.4, 0.5) is 18.9 Å². The van der Waals surface area contributed by atoms with E-state index < -0.39 is 6.55 Å². The number of guanidine groups is 1. The third-order valence-electron chi connectivity index (χ3n) is 4.14. The summed E-state index contributed by atoms with van der Waals surface area (Å²) in [4.78, 5) is 12.1. The van der Waals surface area contributed by atoms with Gasteiger partial charge in [-0.1, -0.05) is 0 Å². The highest BCUT2D eigenvalue weighted by Gasteiger charge is 2.19. The maximum absolute atomic E-state index is 13.0. The molecule has 1 aromatic carbocycles. The van der Waals surface area contributed by atoms with Crippen molar-refractivity contribution in [1.29, 1.82) is 0 Å². The van der Waals surface area contributed by atoms with Crippen molar-refractivity contribution >= 4 is 35.6 Å². The Morgan fingerprint density at radius 2 is 1.81 bits per heavy atom. The molecule has 0 atom stereocenters. The van der Waals surface area contributed by atoms with Crippen molar-refractivity contribution in [2.45, 2.75) is 13.1 Å². The Morgan fingerprint density at radius 1 is 1.15 bits per heavy atom. The summed E-state index contributed by atoms with van der Waals surface area (Å²) in [6.45, 7) is 0.0853. The van der Waals surface area contributed by atoms with Gasteiger partial charge >= 0.3 is 6.55 Å². The molecule has 1 aliphatic heterocycles. The number of piperazine rings is 1. The Balaban J connectivity index is 0.00000243. The van der Waals surface area contributed by atoms with E-state index in [0.29, 0.717) is 32.1 Å². The summed E-state index contributed by atoms with van der Waals surface area (Å²) < 4.78 is 39.3. The summed E-state index contributed by atoms with van der Waals surface area (Å²) in [7, 11) is 0. The summed E-state index contributed by atoms with van der Waals surface area (Å²) in [6, 6.07) is 6.35. The van der Waals surface area contributed by atoms with Crippen LogP contribution in [0.2, 0.25) is 0 Å². The maximum atomic E-state index is 13.0. The molecule has 0 amide bonds. The fourth-order valence-electron chi connectivity index (χ4n) is 2.74. The molecule has 2 aromatic rings. The van der Waals surface area contributed by atoms with E-state index in [1.807, 2.05) is 4.90 Å². The topological polar surface area (TPSA) is 62.7 Å². The molecule has 1 aliphatic rings. The number of alkyl halides is 2. The molecule has 10 heteroatoms. The van der Waals surface area contributed by atoms with Crippen LogP contribution in [-0.4, -0.2) is 46.6 Å². The molecule has 2 N–H and O–H groups in total. The molecule has 0 aliphatic carbocycles. The number of halogens is 4. The van der Waals surface area contributed by atoms with Crippen LogP contribution in [-0.2, 0) is 6.54 Å². The largest absolute Gasteiger partial charge is 0.370 e. The van der Waals surface area contributed by atoms with Crippen LogP contribution in [0.5, 0.6) is 0 Å². The first kappa shape index (κ1) is 20.3. The third kappa shape index (κ3) is 4.80. The van der Waals surface area contributed by atoms with Crippen molar-refractivity contribution in [2.24, 2.45) is 10.7 Å². The van der Waals surface area contributed by atoms with Gasteiger partial charge in [0.05, 0.1) is 0 Å². The number of nitrogens with two attached hydrogens (primary N) is 1. The van der Waals surface area contributed by atoms with E-state index in [1.54, 1.807) is 12.1 Å². The summed E-state index contributed by atoms with van der Waals surface area (Å²) in [5.74, 6) is 0.214. The van der Waals surface area contributed by atoms with Crippen molar-refractivity contribution in [3.63, 3.8) is 0 Å². The van der Waals surface area contributed by atoms with Gasteiger partial charge in [0.25, 0.3) is 0 Å². The Kier molecular flexibility index (Phi) is 7.12. The number of hydrogen-bond donors (Lipinski definition) is 1. The Labute approximate surface area is 166 Å². The SMILES string of the molecule is I.NC(=NCc1nccn1C(F)F)N1CCN(c2ccc(F)cc2)CC1. The molecular weight excluding hydrogens is 460 g/mol. The summed E-state index contributed by atoms with van der Waals surface area (Å²) in [5.41, 5.74) is 6.93. The van der Waals surface area contributed by atoms with Gasteiger partial charge in [0, 0.05) is 44.3 Å². The first-order chi connectivity index (χ1) is 12.0. The molecule has 3 rings (SSSR count). The van der Waals surface area contributed by atoms with Gasteiger partial charge in [-0.25, -0.2) is 14.4 Å². The van der Waals surface area contributed by atoms with Gasteiger partial charge in [-0.3, -0.25) is 4.57 Å². The zero-order valence-corrected chi connectivity index (χ0v) is 16.3. The van der Waals surface area contributed by atoms with Crippen LogP contribution in [0.3, 0.4) is 0 Å². The summed E-state index contributed by atoms with van der Waals surface area (Å²) >= 11 is 0. The average Bonchev–Trinajstić information content (AvgIpc) is 3.09. The van der Waals surface area contributed by atoms with Crippen LogP contribution < -0.4 is 10.6 Å². The molecule has 0 bridgehead atoms. The van der Waals surface area contributed by atoms with E-state index in [0.717, 1.165) is 10.3 Å². The molecule has 0 spiro atoms. The fourth-order valence-corrected chi connectivity index (χ4v) is 2.74. The van der Waals surface area contributed by atoms with Crippen molar-refractivity contribution in [2.75, 3.05) is 31.1 Å². The van der Waals surface area contributed by atoms with E-state index in [4.69, 9.17) is 5.73 Å². The molecule has 2 heterocycles. The number of benzene rings is 1. The number of hydrogen-bond acceptors (Lipinski definition) is 3. The van der Waals surface area contributed by atoms with E-state index in [-0.39, 0.29) is 42.2 Å². The van der Waals surface area contributed by atoms with Crippen molar-refractivity contribution in [3.8, 4) is 0 Å². The molecule has 1 aromatic heterocycles. The molecule has 142 valence electrons. The molecular formula is C16H20F3IN6. The standard InChI is InChI=1S/C16H19F3N6.HI/c17-12-1-3-13(4-2-12)23-7-9-24(10-8-23)16(20)22-11-14-21-5-6-25(14)15(18)19;/h1-6,15H,7-11H2,(H2,20,22);1H. The first-order valence-electron chi connectivity index (χ1n) is 7.90. The van der Waals surface area contributed by atoms with Gasteiger partial charge in [0.1, 0.15) is 18.2 Å². The van der Waals surface area contributed by atoms with Gasteiger partial charge in [0.2, 0.25) is 0 Å². The summed E-state index contributed by atoms with van der Waals surface area (Å²) in [6.07, 6.45) is 2.53. The quantitative estimate of drug-likeness (QED) is 0.416. The lowest BCUT2D eigenvalue weighted by atomic mass is 10.2. The number of rotatable bonds is 4. The van der Waals surface area contributed by atoms with Crippen LogP contribution in [0.25, 0.3) is 0 Å². The number of nitrogens with zero attached hydrogens (tertiary/aromatic N) is 5. The van der Waals surface area contributed by atoms with E-state index in [1.165, 1.54) is 24.5 Å². The Morgan fingerprint density at radius 3 is 2.42 bits per heavy atom. The second-order valence-electron chi connectivity index (χ2n) is 5.65. The predicted octanol–water partition coefficient (Wildman–Crippen LogP) is 2.67. The lowest BCUT2D eigenvalue weighted by Gasteiger charge is -2.36. The van der Waals surface area contributed by atoms with Crippen LogP contribution >= 0.6 is 24.0 Å². The highest BCUT2D eigenvalue weighted by atomic mass is 127. The zero-order chi connectivity index (χ0) is 17.8. The Hall–Kier alpha value is -1.98. The molecule has 0 saturated carbocycles. The monoisotopic (exact) mass is 480 g/mol. The van der Waals surface area contributed by atoms with Gasteiger partial charge < -0.3 is 15.5 Å². The Bertz CT molecular complexity index is 726. The predicted molar refractivity (Wildman–Crippen MR) is 104 cm³/mol. The van der Waals surface area contributed by atoms with Crippen molar-refractivity contribution in [1.82, 2.24) is 14.5 Å². The number of aliphatic imine (C=N–C) groups is 1. The highest BCUT2D eigenvalue weighted by Crippen LogP contribution is 2.17. The van der Waals surface area contributed by atoms with E-state index in [2.05, 4.69) is 14.9 Å². The minimum Gasteiger partial charge on any atom is -0.370 e. The second-order valence-corrected chi connectivity index (χ2v) is 5.65. The molecule has 0 unspecified atom stereocenters. The number of anilines is 1. The minimum atomic E-state index is -2.65. The van der Waals surface area contributed by atoms with Crippen molar-refractivity contribution < 1.29 is 13.2 Å². The second kappa shape index (κ2) is 9.10. The lowest BCUT2D eigenvalue weighted by molar-refractivity contribution is 0.0671. The van der Waals surface area contributed by atoms with Crippen molar-refractivity contribution in [3.05, 3.63) is 48.3 Å². The molecule has 26 heavy (non-hydrogen) atoms. The first-order valence-corrected chi connectivity index (χ1v) is 7.90. The molecule has 6 nitrogen and oxygen atoms in total. The zero-order valence-electron chi connectivity index (χ0n) is 13.9. The molecule has 1 saturated heterocycles. The smallest absolute Gasteiger partial charge is 0.319 e. The van der Waals surface area contributed by atoms with Gasteiger partial charge in [0.15, 0.2) is 5.96 Å². The highest BCUT2D eigenvalue weighted by molar-refractivity contribution is 14.0. The lowest BCUT2D eigenvalue weighted by Crippen LogP contribution is -2.51. The third-order valence-corrected chi connectivity index (χ3v) is 4.14. The average molecular weight is 480 g/mol. The molecule has 1 fully saturated rings. The van der Waals surface area contributed by atoms with Gasteiger partial charge in [-0.15, -0.1) is 24.0 Å². The van der Waals surface area contributed by atoms with Crippen LogP contribution in [0, 0.1) is 5.82 Å². The molecule has 0 radical (unpaired) electrons.